The van der Waals surface area contributed by atoms with E-state index in [1.807, 2.05) is 6.07 Å². The van der Waals surface area contributed by atoms with Crippen molar-refractivity contribution in [3.05, 3.63) is 33.9 Å². The van der Waals surface area contributed by atoms with Crippen molar-refractivity contribution in [2.45, 2.75) is 32.4 Å². The molecule has 6 heteroatoms. The lowest BCUT2D eigenvalue weighted by molar-refractivity contribution is -0.384. The van der Waals surface area contributed by atoms with E-state index in [4.69, 9.17) is 10.00 Å². The Morgan fingerprint density at radius 2 is 2.25 bits per heavy atom. The molecule has 0 bridgehead atoms. The summed E-state index contributed by atoms with van der Waals surface area (Å²) in [5, 5.41) is 23.1. The molecule has 1 aromatic carbocycles. The maximum absolute atomic E-state index is 11.0. The van der Waals surface area contributed by atoms with Gasteiger partial charge >= 0.3 is 0 Å². The van der Waals surface area contributed by atoms with Crippen LogP contribution in [0, 0.1) is 26.9 Å². The first-order chi connectivity index (χ1) is 9.40. The fourth-order valence-corrected chi connectivity index (χ4v) is 2.60. The average molecular weight is 275 g/mol. The van der Waals surface area contributed by atoms with Crippen molar-refractivity contribution >= 4 is 11.4 Å². The van der Waals surface area contributed by atoms with E-state index >= 15 is 0 Å². The van der Waals surface area contributed by atoms with Gasteiger partial charge in [-0.15, -0.1) is 0 Å². The Hall–Kier alpha value is -2.13. The van der Waals surface area contributed by atoms with Crippen LogP contribution >= 0.6 is 0 Å². The van der Waals surface area contributed by atoms with Crippen LogP contribution in [0.5, 0.6) is 0 Å². The Kier molecular flexibility index (Phi) is 3.64. The molecule has 1 aliphatic rings. The van der Waals surface area contributed by atoms with Crippen molar-refractivity contribution in [1.29, 1.82) is 5.26 Å². The predicted octanol–water partition coefficient (Wildman–Crippen LogP) is 2.69. The summed E-state index contributed by atoms with van der Waals surface area (Å²) in [5.41, 5.74) is 0.673. The van der Waals surface area contributed by atoms with Gasteiger partial charge in [0.15, 0.2) is 0 Å². The minimum atomic E-state index is -0.442. The van der Waals surface area contributed by atoms with Gasteiger partial charge in [0.1, 0.15) is 5.69 Å². The van der Waals surface area contributed by atoms with Crippen molar-refractivity contribution in [2.24, 2.45) is 5.41 Å². The maximum atomic E-state index is 11.0. The zero-order chi connectivity index (χ0) is 14.9. The highest BCUT2D eigenvalue weighted by Gasteiger charge is 2.49. The Balaban J connectivity index is 2.26. The minimum Gasteiger partial charge on any atom is -0.381 e. The van der Waals surface area contributed by atoms with Gasteiger partial charge in [-0.3, -0.25) is 10.1 Å². The van der Waals surface area contributed by atoms with E-state index in [2.05, 4.69) is 19.2 Å². The number of nitriles is 1. The average Bonchev–Trinajstić information content (AvgIpc) is 2.42. The number of nitro benzene ring substituents is 1. The van der Waals surface area contributed by atoms with Crippen molar-refractivity contribution in [3.8, 4) is 6.07 Å². The lowest BCUT2D eigenvalue weighted by atomic mass is 9.64. The first-order valence-corrected chi connectivity index (χ1v) is 6.38. The van der Waals surface area contributed by atoms with E-state index in [1.54, 1.807) is 7.11 Å². The lowest BCUT2D eigenvalue weighted by Crippen LogP contribution is -2.57. The first kappa shape index (κ1) is 14.3. The van der Waals surface area contributed by atoms with Crippen LogP contribution in [0.3, 0.4) is 0 Å². The summed E-state index contributed by atoms with van der Waals surface area (Å²) in [6, 6.07) is 6.41. The molecule has 1 aromatic rings. The molecule has 0 saturated heterocycles. The molecule has 0 amide bonds. The molecule has 1 saturated carbocycles. The lowest BCUT2D eigenvalue weighted by Gasteiger charge is -2.51. The van der Waals surface area contributed by atoms with E-state index in [0.29, 0.717) is 11.3 Å². The van der Waals surface area contributed by atoms with Crippen LogP contribution in [-0.2, 0) is 4.74 Å². The van der Waals surface area contributed by atoms with Gasteiger partial charge in [0.25, 0.3) is 5.69 Å². The van der Waals surface area contributed by atoms with Crippen molar-refractivity contribution in [2.75, 3.05) is 12.4 Å². The quantitative estimate of drug-likeness (QED) is 0.674. The van der Waals surface area contributed by atoms with Gasteiger partial charge in [-0.2, -0.15) is 5.26 Å². The van der Waals surface area contributed by atoms with Gasteiger partial charge < -0.3 is 10.1 Å². The largest absolute Gasteiger partial charge is 0.381 e. The fraction of sp³-hybridized carbons (Fsp3) is 0.500. The molecule has 2 unspecified atom stereocenters. The molecule has 1 fully saturated rings. The smallest absolute Gasteiger partial charge is 0.292 e. The molecule has 1 aliphatic carbocycles. The topological polar surface area (TPSA) is 88.2 Å². The molecular formula is C14H17N3O3. The zero-order valence-corrected chi connectivity index (χ0v) is 11.7. The molecular weight excluding hydrogens is 258 g/mol. The summed E-state index contributed by atoms with van der Waals surface area (Å²) >= 11 is 0. The highest BCUT2D eigenvalue weighted by molar-refractivity contribution is 5.65. The third-order valence-electron chi connectivity index (χ3n) is 4.11. The van der Waals surface area contributed by atoms with Crippen LogP contribution in [0.2, 0.25) is 0 Å². The molecule has 0 radical (unpaired) electrons. The van der Waals surface area contributed by atoms with Crippen LogP contribution in [0.15, 0.2) is 18.2 Å². The summed E-state index contributed by atoms with van der Waals surface area (Å²) in [5.74, 6) is 0. The Labute approximate surface area is 117 Å². The number of benzene rings is 1. The summed E-state index contributed by atoms with van der Waals surface area (Å²) in [6.45, 7) is 4.12. The van der Waals surface area contributed by atoms with E-state index < -0.39 is 4.92 Å². The third kappa shape index (κ3) is 2.32. The molecule has 6 nitrogen and oxygen atoms in total. The number of nitro groups is 1. The number of rotatable bonds is 4. The summed E-state index contributed by atoms with van der Waals surface area (Å²) in [4.78, 5) is 10.6. The molecule has 106 valence electrons. The monoisotopic (exact) mass is 275 g/mol. The third-order valence-corrected chi connectivity index (χ3v) is 4.11. The van der Waals surface area contributed by atoms with E-state index in [0.717, 1.165) is 6.42 Å². The number of methoxy groups -OCH3 is 1. The highest BCUT2D eigenvalue weighted by Crippen LogP contribution is 2.45. The molecule has 20 heavy (non-hydrogen) atoms. The van der Waals surface area contributed by atoms with Crippen molar-refractivity contribution < 1.29 is 9.66 Å². The number of ether oxygens (including phenoxy) is 1. The van der Waals surface area contributed by atoms with Gasteiger partial charge in [-0.1, -0.05) is 13.8 Å². The SMILES string of the molecule is COC1CC(Nc2cc(C#N)ccc2[N+](=O)[O-])C1(C)C. The van der Waals surface area contributed by atoms with Crippen LogP contribution in [-0.4, -0.2) is 24.2 Å². The van der Waals surface area contributed by atoms with E-state index in [1.165, 1.54) is 18.2 Å². The minimum absolute atomic E-state index is 0.0133. The van der Waals surface area contributed by atoms with Crippen LogP contribution < -0.4 is 5.32 Å². The first-order valence-electron chi connectivity index (χ1n) is 6.38. The normalized spacial score (nSPS) is 23.5. The second-order valence-corrected chi connectivity index (χ2v) is 5.58. The molecule has 0 spiro atoms. The van der Waals surface area contributed by atoms with Crippen LogP contribution in [0.25, 0.3) is 0 Å². The maximum Gasteiger partial charge on any atom is 0.292 e. The number of hydrogen-bond donors (Lipinski definition) is 1. The summed E-state index contributed by atoms with van der Waals surface area (Å²) in [6.07, 6.45) is 0.926. The number of nitrogens with zero attached hydrogens (tertiary/aromatic N) is 2. The van der Waals surface area contributed by atoms with Gasteiger partial charge in [-0.05, 0) is 18.6 Å². The van der Waals surface area contributed by atoms with Crippen molar-refractivity contribution in [1.82, 2.24) is 0 Å². The van der Waals surface area contributed by atoms with Gasteiger partial charge in [-0.25, -0.2) is 0 Å². The standard InChI is InChI=1S/C14H17N3O3/c1-14(2)12(7-13(14)20-3)16-10-6-9(8-15)4-5-11(10)17(18)19/h4-6,12-13,16H,7H2,1-3H3. The number of nitrogens with one attached hydrogen (secondary N) is 1. The predicted molar refractivity (Wildman–Crippen MR) is 74.4 cm³/mol. The zero-order valence-electron chi connectivity index (χ0n) is 11.7. The molecule has 1 N–H and O–H groups in total. The second kappa shape index (κ2) is 5.10. The molecule has 0 aliphatic heterocycles. The van der Waals surface area contributed by atoms with Gasteiger partial charge in [0, 0.05) is 24.6 Å². The Bertz CT molecular complexity index is 578. The van der Waals surface area contributed by atoms with E-state index in [9.17, 15) is 10.1 Å². The van der Waals surface area contributed by atoms with Gasteiger partial charge in [0.05, 0.1) is 22.7 Å². The molecule has 2 atom stereocenters. The van der Waals surface area contributed by atoms with Crippen LogP contribution in [0.4, 0.5) is 11.4 Å². The number of anilines is 1. The van der Waals surface area contributed by atoms with Crippen LogP contribution in [0.1, 0.15) is 25.8 Å². The molecule has 2 rings (SSSR count). The summed E-state index contributed by atoms with van der Waals surface area (Å²) < 4.78 is 5.37. The van der Waals surface area contributed by atoms with E-state index in [-0.39, 0.29) is 23.2 Å². The molecule has 0 aromatic heterocycles. The fourth-order valence-electron chi connectivity index (χ4n) is 2.60. The Morgan fingerprint density at radius 1 is 1.55 bits per heavy atom. The molecule has 0 heterocycles. The second-order valence-electron chi connectivity index (χ2n) is 5.58. The van der Waals surface area contributed by atoms with Gasteiger partial charge in [0.2, 0.25) is 0 Å². The number of hydrogen-bond acceptors (Lipinski definition) is 5. The highest BCUT2D eigenvalue weighted by atomic mass is 16.6. The van der Waals surface area contributed by atoms with Crippen molar-refractivity contribution in [3.63, 3.8) is 0 Å². The Morgan fingerprint density at radius 3 is 2.75 bits per heavy atom. The summed E-state index contributed by atoms with van der Waals surface area (Å²) in [7, 11) is 1.67.